The van der Waals surface area contributed by atoms with Crippen LogP contribution in [0.5, 0.6) is 0 Å². The fourth-order valence-electron chi connectivity index (χ4n) is 2.76. The molecular formula is C19H25F. The highest BCUT2D eigenvalue weighted by Crippen LogP contribution is 2.54. The third kappa shape index (κ3) is 3.39. The quantitative estimate of drug-likeness (QED) is 0.546. The second kappa shape index (κ2) is 5.95. The van der Waals surface area contributed by atoms with Crippen molar-refractivity contribution in [1.82, 2.24) is 0 Å². The molecule has 0 nitrogen and oxygen atoms in total. The molecule has 0 radical (unpaired) electrons. The smallest absolute Gasteiger partial charge is 0.126 e. The molecule has 0 saturated heterocycles. The van der Waals surface area contributed by atoms with Crippen LogP contribution in [0.4, 0.5) is 4.39 Å². The molecule has 0 bridgehead atoms. The Labute approximate surface area is 122 Å². The van der Waals surface area contributed by atoms with Crippen LogP contribution in [-0.2, 0) is 0 Å². The number of allylic oxidation sites excluding steroid dienone is 10. The summed E-state index contributed by atoms with van der Waals surface area (Å²) in [5, 5.41) is 0. The SMILES string of the molecule is C\C=C/C=C\C(=C\C1(C)CC1C)C1=C(F)C=C(C)CC1. The van der Waals surface area contributed by atoms with Gasteiger partial charge in [0.1, 0.15) is 5.83 Å². The molecule has 20 heavy (non-hydrogen) atoms. The summed E-state index contributed by atoms with van der Waals surface area (Å²) in [4.78, 5) is 0. The van der Waals surface area contributed by atoms with Crippen molar-refractivity contribution in [2.24, 2.45) is 11.3 Å². The topological polar surface area (TPSA) is 0 Å². The van der Waals surface area contributed by atoms with Crippen molar-refractivity contribution in [2.75, 3.05) is 0 Å². The van der Waals surface area contributed by atoms with Gasteiger partial charge in [-0.25, -0.2) is 4.39 Å². The first-order valence-corrected chi connectivity index (χ1v) is 7.54. The molecule has 1 heteroatoms. The van der Waals surface area contributed by atoms with Crippen molar-refractivity contribution in [1.29, 1.82) is 0 Å². The zero-order chi connectivity index (χ0) is 14.8. The van der Waals surface area contributed by atoms with Gasteiger partial charge in [0, 0.05) is 0 Å². The second-order valence-corrected chi connectivity index (χ2v) is 6.41. The van der Waals surface area contributed by atoms with Gasteiger partial charge in [-0.1, -0.05) is 49.8 Å². The molecular weight excluding hydrogens is 247 g/mol. The molecule has 1 saturated carbocycles. The molecule has 0 N–H and O–H groups in total. The third-order valence-corrected chi connectivity index (χ3v) is 4.56. The summed E-state index contributed by atoms with van der Waals surface area (Å²) < 4.78 is 14.3. The Bertz CT molecular complexity index is 528. The molecule has 108 valence electrons. The Kier molecular flexibility index (Phi) is 4.47. The average Bonchev–Trinajstić information content (AvgIpc) is 2.96. The fourth-order valence-corrected chi connectivity index (χ4v) is 2.76. The van der Waals surface area contributed by atoms with Crippen LogP contribution in [-0.4, -0.2) is 0 Å². The summed E-state index contributed by atoms with van der Waals surface area (Å²) in [5.74, 6) is 0.652. The van der Waals surface area contributed by atoms with Crippen LogP contribution < -0.4 is 0 Å². The molecule has 2 atom stereocenters. The minimum Gasteiger partial charge on any atom is -0.207 e. The molecule has 2 aliphatic rings. The largest absolute Gasteiger partial charge is 0.207 e. The van der Waals surface area contributed by atoms with Crippen LogP contribution in [0.3, 0.4) is 0 Å². The molecule has 0 aromatic carbocycles. The van der Waals surface area contributed by atoms with Gasteiger partial charge < -0.3 is 0 Å². The van der Waals surface area contributed by atoms with E-state index in [-0.39, 0.29) is 11.2 Å². The van der Waals surface area contributed by atoms with Gasteiger partial charge in [0.05, 0.1) is 0 Å². The predicted octanol–water partition coefficient (Wildman–Crippen LogP) is 6.05. The van der Waals surface area contributed by atoms with E-state index in [9.17, 15) is 4.39 Å². The van der Waals surface area contributed by atoms with Crippen molar-refractivity contribution in [3.05, 3.63) is 59.0 Å². The summed E-state index contributed by atoms with van der Waals surface area (Å²) >= 11 is 0. The molecule has 0 spiro atoms. The van der Waals surface area contributed by atoms with Crippen LogP contribution in [0.1, 0.15) is 47.0 Å². The lowest BCUT2D eigenvalue weighted by Gasteiger charge is -2.17. The van der Waals surface area contributed by atoms with E-state index < -0.39 is 0 Å². The number of hydrogen-bond acceptors (Lipinski definition) is 0. The highest BCUT2D eigenvalue weighted by atomic mass is 19.1. The van der Waals surface area contributed by atoms with Gasteiger partial charge in [-0.15, -0.1) is 0 Å². The van der Waals surface area contributed by atoms with E-state index in [2.05, 4.69) is 26.0 Å². The van der Waals surface area contributed by atoms with Crippen LogP contribution >= 0.6 is 0 Å². The van der Waals surface area contributed by atoms with Crippen LogP contribution in [0.25, 0.3) is 0 Å². The maximum Gasteiger partial charge on any atom is 0.126 e. The zero-order valence-corrected chi connectivity index (χ0v) is 13.0. The van der Waals surface area contributed by atoms with E-state index in [0.717, 1.165) is 29.6 Å². The second-order valence-electron chi connectivity index (χ2n) is 6.41. The summed E-state index contributed by atoms with van der Waals surface area (Å²) in [6.07, 6.45) is 15.0. The van der Waals surface area contributed by atoms with Gasteiger partial charge in [0.2, 0.25) is 0 Å². The summed E-state index contributed by atoms with van der Waals surface area (Å²) in [6.45, 7) is 8.52. The van der Waals surface area contributed by atoms with Gasteiger partial charge in [-0.05, 0) is 61.7 Å². The lowest BCUT2D eigenvalue weighted by Crippen LogP contribution is -2.01. The predicted molar refractivity (Wildman–Crippen MR) is 85.1 cm³/mol. The molecule has 0 heterocycles. The molecule has 2 aliphatic carbocycles. The van der Waals surface area contributed by atoms with E-state index in [0.29, 0.717) is 5.92 Å². The lowest BCUT2D eigenvalue weighted by atomic mass is 9.89. The zero-order valence-electron chi connectivity index (χ0n) is 13.0. The van der Waals surface area contributed by atoms with Crippen LogP contribution in [0.15, 0.2) is 59.0 Å². The Morgan fingerprint density at radius 3 is 2.60 bits per heavy atom. The normalized spacial score (nSPS) is 31.4. The molecule has 2 rings (SSSR count). The van der Waals surface area contributed by atoms with E-state index in [1.54, 1.807) is 6.08 Å². The minimum absolute atomic E-state index is 0.0537. The van der Waals surface area contributed by atoms with Gasteiger partial charge in [-0.2, -0.15) is 0 Å². The van der Waals surface area contributed by atoms with E-state index >= 15 is 0 Å². The van der Waals surface area contributed by atoms with Crippen molar-refractivity contribution in [2.45, 2.75) is 47.0 Å². The van der Waals surface area contributed by atoms with Gasteiger partial charge in [0.15, 0.2) is 0 Å². The lowest BCUT2D eigenvalue weighted by molar-refractivity contribution is 0.629. The average molecular weight is 272 g/mol. The molecule has 0 aromatic rings. The van der Waals surface area contributed by atoms with Gasteiger partial charge >= 0.3 is 0 Å². The first-order chi connectivity index (χ1) is 9.46. The maximum absolute atomic E-state index is 14.3. The highest BCUT2D eigenvalue weighted by molar-refractivity contribution is 5.48. The van der Waals surface area contributed by atoms with Gasteiger partial charge in [-0.3, -0.25) is 0 Å². The van der Waals surface area contributed by atoms with Crippen molar-refractivity contribution >= 4 is 0 Å². The van der Waals surface area contributed by atoms with E-state index in [1.165, 1.54) is 6.42 Å². The Morgan fingerprint density at radius 2 is 2.05 bits per heavy atom. The monoisotopic (exact) mass is 272 g/mol. The van der Waals surface area contributed by atoms with Crippen molar-refractivity contribution in [3.63, 3.8) is 0 Å². The Balaban J connectivity index is 2.35. The standard InChI is InChI=1S/C19H25F/c1-5-6-7-8-16(13-19(4)12-15(19)3)17-10-9-14(2)11-18(17)20/h5-8,11,13,15H,9-10,12H2,1-4H3/b6-5-,8-7-,16-13-. The van der Waals surface area contributed by atoms with Crippen LogP contribution in [0.2, 0.25) is 0 Å². The molecule has 0 aliphatic heterocycles. The number of rotatable bonds is 4. The summed E-state index contributed by atoms with van der Waals surface area (Å²) in [6, 6.07) is 0. The van der Waals surface area contributed by atoms with Gasteiger partial charge in [0.25, 0.3) is 0 Å². The summed E-state index contributed by atoms with van der Waals surface area (Å²) in [5.41, 5.74) is 3.32. The first-order valence-electron chi connectivity index (χ1n) is 7.54. The minimum atomic E-state index is -0.0537. The summed E-state index contributed by atoms with van der Waals surface area (Å²) in [7, 11) is 0. The van der Waals surface area contributed by atoms with E-state index in [4.69, 9.17) is 0 Å². The third-order valence-electron chi connectivity index (χ3n) is 4.56. The molecule has 0 amide bonds. The molecule has 2 unspecified atom stereocenters. The molecule has 0 aromatic heterocycles. The molecule has 1 fully saturated rings. The van der Waals surface area contributed by atoms with Crippen molar-refractivity contribution < 1.29 is 4.39 Å². The Morgan fingerprint density at radius 1 is 1.35 bits per heavy atom. The maximum atomic E-state index is 14.3. The van der Waals surface area contributed by atoms with Crippen LogP contribution in [0, 0.1) is 11.3 Å². The Hall–Kier alpha value is -1.37. The fraction of sp³-hybridized carbons (Fsp3) is 0.474. The number of hydrogen-bond donors (Lipinski definition) is 0. The highest BCUT2D eigenvalue weighted by Gasteiger charge is 2.44. The first kappa shape index (κ1) is 15.0. The number of halogens is 1. The van der Waals surface area contributed by atoms with E-state index in [1.807, 2.05) is 32.1 Å². The van der Waals surface area contributed by atoms with Crippen molar-refractivity contribution in [3.8, 4) is 0 Å².